The first-order valence-corrected chi connectivity index (χ1v) is 5.60. The van der Waals surface area contributed by atoms with Crippen LogP contribution in [0.15, 0.2) is 24.3 Å². The van der Waals surface area contributed by atoms with Crippen molar-refractivity contribution >= 4 is 5.91 Å². The van der Waals surface area contributed by atoms with Crippen LogP contribution in [0, 0.1) is 0 Å². The van der Waals surface area contributed by atoms with Gasteiger partial charge in [-0.2, -0.15) is 0 Å². The molecule has 0 spiro atoms. The Kier molecular flexibility index (Phi) is 4.88. The Bertz CT molecular complexity index is 303. The molecule has 0 fully saturated rings. The van der Waals surface area contributed by atoms with Crippen molar-refractivity contribution in [3.8, 4) is 0 Å². The molecule has 0 saturated carbocycles. The number of nitrogens with one attached hydrogen (secondary N) is 1. The minimum Gasteiger partial charge on any atom is -0.356 e. The Morgan fingerprint density at radius 3 is 2.27 bits per heavy atom. The topological polar surface area (TPSA) is 29.1 Å². The van der Waals surface area contributed by atoms with E-state index in [9.17, 15) is 4.79 Å². The average Bonchev–Trinajstić information content (AvgIpc) is 2.29. The molecule has 0 unspecified atom stereocenters. The zero-order valence-electron chi connectivity index (χ0n) is 9.55. The van der Waals surface area contributed by atoms with Crippen molar-refractivity contribution in [1.82, 2.24) is 5.32 Å². The second-order valence-electron chi connectivity index (χ2n) is 3.62. The van der Waals surface area contributed by atoms with Gasteiger partial charge in [0.2, 0.25) is 5.91 Å². The van der Waals surface area contributed by atoms with Gasteiger partial charge in [0.05, 0.1) is 0 Å². The van der Waals surface area contributed by atoms with Gasteiger partial charge in [0, 0.05) is 13.0 Å². The first-order chi connectivity index (χ1) is 7.26. The number of carbonyl (C=O) groups excluding carboxylic acids is 1. The van der Waals surface area contributed by atoms with E-state index in [0.29, 0.717) is 6.42 Å². The van der Waals surface area contributed by atoms with Crippen molar-refractivity contribution in [3.05, 3.63) is 35.4 Å². The molecule has 82 valence electrons. The number of amides is 1. The molecule has 0 heterocycles. The van der Waals surface area contributed by atoms with Crippen molar-refractivity contribution in [1.29, 1.82) is 0 Å². The maximum Gasteiger partial charge on any atom is 0.219 e. The van der Waals surface area contributed by atoms with Gasteiger partial charge >= 0.3 is 0 Å². The Morgan fingerprint density at radius 1 is 1.13 bits per heavy atom. The van der Waals surface area contributed by atoms with Crippen molar-refractivity contribution in [3.63, 3.8) is 0 Å². The van der Waals surface area contributed by atoms with Gasteiger partial charge in [0.25, 0.3) is 0 Å². The van der Waals surface area contributed by atoms with E-state index in [0.717, 1.165) is 19.4 Å². The van der Waals surface area contributed by atoms with Crippen molar-refractivity contribution in [2.75, 3.05) is 6.54 Å². The van der Waals surface area contributed by atoms with Crippen LogP contribution in [0.3, 0.4) is 0 Å². The molecule has 15 heavy (non-hydrogen) atoms. The van der Waals surface area contributed by atoms with Crippen LogP contribution in [0.25, 0.3) is 0 Å². The zero-order valence-corrected chi connectivity index (χ0v) is 9.55. The lowest BCUT2D eigenvalue weighted by atomic mass is 10.1. The van der Waals surface area contributed by atoms with Crippen molar-refractivity contribution in [2.45, 2.75) is 33.1 Å². The van der Waals surface area contributed by atoms with Crippen LogP contribution in [-0.2, 0) is 17.6 Å². The summed E-state index contributed by atoms with van der Waals surface area (Å²) in [5.41, 5.74) is 2.64. The van der Waals surface area contributed by atoms with Gasteiger partial charge in [-0.25, -0.2) is 0 Å². The molecule has 0 aliphatic rings. The molecule has 0 radical (unpaired) electrons. The highest BCUT2D eigenvalue weighted by Crippen LogP contribution is 2.05. The van der Waals surface area contributed by atoms with Gasteiger partial charge in [0.1, 0.15) is 0 Å². The van der Waals surface area contributed by atoms with Gasteiger partial charge in [0.15, 0.2) is 0 Å². The van der Waals surface area contributed by atoms with Crippen LogP contribution in [0.2, 0.25) is 0 Å². The second-order valence-corrected chi connectivity index (χ2v) is 3.62. The van der Waals surface area contributed by atoms with E-state index in [-0.39, 0.29) is 5.91 Å². The summed E-state index contributed by atoms with van der Waals surface area (Å²) >= 11 is 0. The Hall–Kier alpha value is -1.31. The largest absolute Gasteiger partial charge is 0.356 e. The first-order valence-electron chi connectivity index (χ1n) is 5.60. The number of hydrogen-bond acceptors (Lipinski definition) is 1. The van der Waals surface area contributed by atoms with E-state index < -0.39 is 0 Å². The van der Waals surface area contributed by atoms with E-state index in [1.165, 1.54) is 11.1 Å². The molecule has 0 aromatic heterocycles. The maximum absolute atomic E-state index is 11.0. The third kappa shape index (κ3) is 4.15. The molecule has 1 aromatic carbocycles. The van der Waals surface area contributed by atoms with Gasteiger partial charge in [-0.3, -0.25) is 4.79 Å². The van der Waals surface area contributed by atoms with Crippen molar-refractivity contribution < 1.29 is 4.79 Å². The van der Waals surface area contributed by atoms with Crippen LogP contribution in [0.1, 0.15) is 31.4 Å². The predicted octanol–water partition coefficient (Wildman–Crippen LogP) is 2.32. The molecule has 1 amide bonds. The molecule has 0 aliphatic carbocycles. The van der Waals surface area contributed by atoms with Crippen LogP contribution in [0.5, 0.6) is 0 Å². The van der Waals surface area contributed by atoms with Crippen LogP contribution in [0.4, 0.5) is 0 Å². The summed E-state index contributed by atoms with van der Waals surface area (Å²) in [6.45, 7) is 4.75. The number of benzene rings is 1. The normalized spacial score (nSPS) is 10.0. The fourth-order valence-electron chi connectivity index (χ4n) is 1.41. The molecule has 2 heteroatoms. The van der Waals surface area contributed by atoms with Crippen LogP contribution in [-0.4, -0.2) is 12.5 Å². The summed E-state index contributed by atoms with van der Waals surface area (Å²) in [5.74, 6) is 0.125. The van der Waals surface area contributed by atoms with Gasteiger partial charge in [-0.05, 0) is 24.0 Å². The smallest absolute Gasteiger partial charge is 0.219 e. The monoisotopic (exact) mass is 205 g/mol. The second kappa shape index (κ2) is 6.23. The lowest BCUT2D eigenvalue weighted by Crippen LogP contribution is -2.24. The molecule has 0 saturated heterocycles. The molecule has 1 rings (SSSR count). The van der Waals surface area contributed by atoms with E-state index in [1.807, 2.05) is 6.92 Å². The first kappa shape index (κ1) is 11.8. The lowest BCUT2D eigenvalue weighted by molar-refractivity contribution is -0.120. The summed E-state index contributed by atoms with van der Waals surface area (Å²) in [4.78, 5) is 11.0. The van der Waals surface area contributed by atoms with Gasteiger partial charge in [-0.15, -0.1) is 0 Å². The zero-order chi connectivity index (χ0) is 11.1. The lowest BCUT2D eigenvalue weighted by Gasteiger charge is -2.04. The average molecular weight is 205 g/mol. The maximum atomic E-state index is 11.0. The third-order valence-electron chi connectivity index (χ3n) is 2.49. The molecule has 1 N–H and O–H groups in total. The Morgan fingerprint density at radius 2 is 1.73 bits per heavy atom. The standard InChI is InChI=1S/C13H19NO/c1-3-11-5-7-12(8-6-11)9-10-14-13(15)4-2/h5-8H,3-4,9-10H2,1-2H3,(H,14,15). The summed E-state index contributed by atoms with van der Waals surface area (Å²) in [7, 11) is 0. The predicted molar refractivity (Wildman–Crippen MR) is 62.8 cm³/mol. The molecule has 0 aliphatic heterocycles. The summed E-state index contributed by atoms with van der Waals surface area (Å²) in [6, 6.07) is 8.57. The molecule has 1 aromatic rings. The number of carbonyl (C=O) groups is 1. The Labute approximate surface area is 91.7 Å². The molecular formula is C13H19NO. The Balaban J connectivity index is 2.34. The van der Waals surface area contributed by atoms with Crippen molar-refractivity contribution in [2.24, 2.45) is 0 Å². The van der Waals surface area contributed by atoms with Crippen LogP contribution >= 0.6 is 0 Å². The number of hydrogen-bond donors (Lipinski definition) is 1. The highest BCUT2D eigenvalue weighted by atomic mass is 16.1. The van der Waals surface area contributed by atoms with E-state index in [2.05, 4.69) is 36.5 Å². The third-order valence-corrected chi connectivity index (χ3v) is 2.49. The minimum absolute atomic E-state index is 0.125. The van der Waals surface area contributed by atoms with Crippen LogP contribution < -0.4 is 5.32 Å². The number of aryl methyl sites for hydroxylation is 1. The highest BCUT2D eigenvalue weighted by Gasteiger charge is 1.97. The SMILES string of the molecule is CCC(=O)NCCc1ccc(CC)cc1. The molecular weight excluding hydrogens is 186 g/mol. The molecule has 0 bridgehead atoms. The highest BCUT2D eigenvalue weighted by molar-refractivity contribution is 5.75. The van der Waals surface area contributed by atoms with E-state index in [4.69, 9.17) is 0 Å². The van der Waals surface area contributed by atoms with Gasteiger partial charge < -0.3 is 5.32 Å². The summed E-state index contributed by atoms with van der Waals surface area (Å²) in [5, 5.41) is 2.87. The fraction of sp³-hybridized carbons (Fsp3) is 0.462. The summed E-state index contributed by atoms with van der Waals surface area (Å²) in [6.07, 6.45) is 2.55. The minimum atomic E-state index is 0.125. The summed E-state index contributed by atoms with van der Waals surface area (Å²) < 4.78 is 0. The fourth-order valence-corrected chi connectivity index (χ4v) is 1.41. The van der Waals surface area contributed by atoms with E-state index in [1.54, 1.807) is 0 Å². The molecule has 0 atom stereocenters. The van der Waals surface area contributed by atoms with E-state index >= 15 is 0 Å². The molecule has 2 nitrogen and oxygen atoms in total. The quantitative estimate of drug-likeness (QED) is 0.785. The number of rotatable bonds is 5. The van der Waals surface area contributed by atoms with Gasteiger partial charge in [-0.1, -0.05) is 38.1 Å².